The molecule has 0 fully saturated rings. The molecule has 0 aliphatic heterocycles. The summed E-state index contributed by atoms with van der Waals surface area (Å²) in [5.74, 6) is 0.610. The van der Waals surface area contributed by atoms with Crippen LogP contribution in [0.1, 0.15) is 39.5 Å². The van der Waals surface area contributed by atoms with Gasteiger partial charge in [-0.3, -0.25) is 0 Å². The Morgan fingerprint density at radius 2 is 1.79 bits per heavy atom. The molecule has 0 aromatic rings. The number of halogens is 1. The van der Waals surface area contributed by atoms with Crippen LogP contribution in [-0.2, 0) is 0 Å². The second-order valence-corrected chi connectivity index (χ2v) is 3.93. The first-order valence-electron chi connectivity index (χ1n) is 5.18. The van der Waals surface area contributed by atoms with Crippen molar-refractivity contribution >= 4 is 11.6 Å². The predicted molar refractivity (Wildman–Crippen MR) is 63.8 cm³/mol. The van der Waals surface area contributed by atoms with Crippen LogP contribution in [0.25, 0.3) is 0 Å². The van der Waals surface area contributed by atoms with Gasteiger partial charge in [-0.2, -0.15) is 0 Å². The van der Waals surface area contributed by atoms with Gasteiger partial charge in [0.05, 0.1) is 0 Å². The van der Waals surface area contributed by atoms with Crippen LogP contribution in [0, 0.1) is 0 Å². The third-order valence-electron chi connectivity index (χ3n) is 2.19. The smallest absolute Gasteiger partial charge is 0.0434 e. The van der Waals surface area contributed by atoms with Gasteiger partial charge in [0, 0.05) is 12.5 Å². The van der Waals surface area contributed by atoms with E-state index >= 15 is 0 Å². The summed E-state index contributed by atoms with van der Waals surface area (Å²) in [5.41, 5.74) is 2.73. The van der Waals surface area contributed by atoms with Crippen LogP contribution in [0.2, 0.25) is 0 Å². The lowest BCUT2D eigenvalue weighted by Gasteiger charge is -2.00. The Morgan fingerprint density at radius 1 is 1.14 bits per heavy atom. The number of rotatable bonds is 7. The molecule has 14 heavy (non-hydrogen) atoms. The maximum absolute atomic E-state index is 8.65. The van der Waals surface area contributed by atoms with E-state index in [4.69, 9.17) is 16.7 Å². The first-order valence-corrected chi connectivity index (χ1v) is 5.72. The molecule has 0 aromatic carbocycles. The minimum Gasteiger partial charge on any atom is -0.396 e. The minimum atomic E-state index is 0.288. The Kier molecular flexibility index (Phi) is 9.11. The second-order valence-electron chi connectivity index (χ2n) is 3.62. The Bertz CT molecular complexity index is 194. The highest BCUT2D eigenvalue weighted by molar-refractivity contribution is 6.18. The van der Waals surface area contributed by atoms with Crippen LogP contribution < -0.4 is 0 Å². The Labute approximate surface area is 92.5 Å². The van der Waals surface area contributed by atoms with Gasteiger partial charge in [-0.05, 0) is 39.5 Å². The van der Waals surface area contributed by atoms with Gasteiger partial charge in [-0.1, -0.05) is 23.3 Å². The molecule has 2 heteroatoms. The van der Waals surface area contributed by atoms with Gasteiger partial charge in [-0.25, -0.2) is 0 Å². The lowest BCUT2D eigenvalue weighted by molar-refractivity contribution is 0.288. The lowest BCUT2D eigenvalue weighted by Crippen LogP contribution is -1.84. The van der Waals surface area contributed by atoms with E-state index in [0.29, 0.717) is 5.88 Å². The SMILES string of the molecule is C/C(=C\CCl)CC/C=C(\C)CCCO. The fourth-order valence-corrected chi connectivity index (χ4v) is 1.50. The van der Waals surface area contributed by atoms with Crippen molar-refractivity contribution in [2.75, 3.05) is 12.5 Å². The number of hydrogen-bond donors (Lipinski definition) is 1. The van der Waals surface area contributed by atoms with E-state index in [0.717, 1.165) is 25.7 Å². The molecule has 0 amide bonds. The molecule has 0 bridgehead atoms. The molecular weight excluding hydrogens is 196 g/mol. The van der Waals surface area contributed by atoms with Crippen molar-refractivity contribution in [3.8, 4) is 0 Å². The third-order valence-corrected chi connectivity index (χ3v) is 2.34. The maximum atomic E-state index is 8.65. The number of hydrogen-bond acceptors (Lipinski definition) is 1. The molecule has 1 N–H and O–H groups in total. The summed E-state index contributed by atoms with van der Waals surface area (Å²) in [6.07, 6.45) is 8.35. The summed E-state index contributed by atoms with van der Waals surface area (Å²) in [7, 11) is 0. The zero-order valence-corrected chi connectivity index (χ0v) is 9.98. The highest BCUT2D eigenvalue weighted by atomic mass is 35.5. The van der Waals surface area contributed by atoms with Gasteiger partial charge in [0.2, 0.25) is 0 Å². The molecule has 0 unspecified atom stereocenters. The van der Waals surface area contributed by atoms with E-state index in [9.17, 15) is 0 Å². The number of aliphatic hydroxyl groups excluding tert-OH is 1. The van der Waals surface area contributed by atoms with Crippen molar-refractivity contribution in [1.29, 1.82) is 0 Å². The van der Waals surface area contributed by atoms with Crippen molar-refractivity contribution in [2.24, 2.45) is 0 Å². The van der Waals surface area contributed by atoms with Crippen LogP contribution >= 0.6 is 11.6 Å². The van der Waals surface area contributed by atoms with Crippen LogP contribution in [-0.4, -0.2) is 17.6 Å². The monoisotopic (exact) mass is 216 g/mol. The van der Waals surface area contributed by atoms with Crippen LogP contribution in [0.5, 0.6) is 0 Å². The fraction of sp³-hybridized carbons (Fsp3) is 0.667. The summed E-state index contributed by atoms with van der Waals surface area (Å²) in [6, 6.07) is 0. The molecule has 1 nitrogen and oxygen atoms in total. The molecule has 0 heterocycles. The van der Waals surface area contributed by atoms with E-state index in [2.05, 4.69) is 26.0 Å². The average Bonchev–Trinajstić information content (AvgIpc) is 2.15. The molecule has 0 aromatic heterocycles. The quantitative estimate of drug-likeness (QED) is 0.509. The van der Waals surface area contributed by atoms with Crippen molar-refractivity contribution in [3.05, 3.63) is 23.3 Å². The summed E-state index contributed by atoms with van der Waals surface area (Å²) in [4.78, 5) is 0. The van der Waals surface area contributed by atoms with Crippen molar-refractivity contribution < 1.29 is 5.11 Å². The molecule has 0 saturated carbocycles. The first-order chi connectivity index (χ1) is 6.70. The zero-order valence-electron chi connectivity index (χ0n) is 9.22. The van der Waals surface area contributed by atoms with E-state index in [1.165, 1.54) is 11.1 Å². The molecule has 0 aliphatic carbocycles. The van der Waals surface area contributed by atoms with E-state index < -0.39 is 0 Å². The maximum Gasteiger partial charge on any atom is 0.0434 e. The van der Waals surface area contributed by atoms with E-state index in [-0.39, 0.29) is 6.61 Å². The predicted octanol–water partition coefficient (Wildman–Crippen LogP) is 3.67. The zero-order chi connectivity index (χ0) is 10.8. The largest absolute Gasteiger partial charge is 0.396 e. The van der Waals surface area contributed by atoms with Gasteiger partial charge >= 0.3 is 0 Å². The molecule has 0 saturated heterocycles. The van der Waals surface area contributed by atoms with Gasteiger partial charge in [0.25, 0.3) is 0 Å². The van der Waals surface area contributed by atoms with Crippen LogP contribution in [0.4, 0.5) is 0 Å². The van der Waals surface area contributed by atoms with E-state index in [1.807, 2.05) is 0 Å². The van der Waals surface area contributed by atoms with Crippen molar-refractivity contribution in [3.63, 3.8) is 0 Å². The second kappa shape index (κ2) is 9.29. The lowest BCUT2D eigenvalue weighted by atomic mass is 10.1. The van der Waals surface area contributed by atoms with E-state index in [1.54, 1.807) is 0 Å². The topological polar surface area (TPSA) is 20.2 Å². The normalized spacial score (nSPS) is 13.4. The van der Waals surface area contributed by atoms with Gasteiger partial charge < -0.3 is 5.11 Å². The minimum absolute atomic E-state index is 0.288. The Balaban J connectivity index is 3.64. The molecular formula is C12H21ClO. The molecule has 0 aliphatic rings. The van der Waals surface area contributed by atoms with Crippen molar-refractivity contribution in [1.82, 2.24) is 0 Å². The summed E-state index contributed by atoms with van der Waals surface area (Å²) in [6.45, 7) is 4.52. The number of alkyl halides is 1. The number of allylic oxidation sites excluding steroid dienone is 4. The molecule has 0 radical (unpaired) electrons. The average molecular weight is 217 g/mol. The third kappa shape index (κ3) is 8.33. The Hall–Kier alpha value is -0.270. The molecule has 0 spiro atoms. The van der Waals surface area contributed by atoms with Gasteiger partial charge in [0.1, 0.15) is 0 Å². The molecule has 0 atom stereocenters. The van der Waals surface area contributed by atoms with Gasteiger partial charge in [0.15, 0.2) is 0 Å². The first kappa shape index (κ1) is 13.7. The highest BCUT2D eigenvalue weighted by Crippen LogP contribution is 2.09. The highest BCUT2D eigenvalue weighted by Gasteiger charge is 1.91. The van der Waals surface area contributed by atoms with Crippen LogP contribution in [0.3, 0.4) is 0 Å². The standard InChI is InChI=1S/C12H21ClO/c1-11(7-4-10-14)5-3-6-12(2)8-9-13/h5,8,14H,3-4,6-7,9-10H2,1-2H3/b11-5+,12-8+. The van der Waals surface area contributed by atoms with Crippen molar-refractivity contribution in [2.45, 2.75) is 39.5 Å². The summed E-state index contributed by atoms with van der Waals surface area (Å²) < 4.78 is 0. The van der Waals surface area contributed by atoms with Crippen LogP contribution in [0.15, 0.2) is 23.3 Å². The summed E-state index contributed by atoms with van der Waals surface area (Å²) >= 11 is 5.59. The molecule has 0 rings (SSSR count). The summed E-state index contributed by atoms with van der Waals surface area (Å²) in [5, 5.41) is 8.65. The molecule has 82 valence electrons. The van der Waals surface area contributed by atoms with Gasteiger partial charge in [-0.15, -0.1) is 11.6 Å². The fourth-order valence-electron chi connectivity index (χ4n) is 1.24. The Morgan fingerprint density at radius 3 is 2.36 bits per heavy atom. The number of aliphatic hydroxyl groups is 1.